The van der Waals surface area contributed by atoms with Gasteiger partial charge in [0.25, 0.3) is 0 Å². The molecule has 1 fully saturated rings. The van der Waals surface area contributed by atoms with Crippen molar-refractivity contribution >= 4 is 11.4 Å². The van der Waals surface area contributed by atoms with Gasteiger partial charge in [0, 0.05) is 49.5 Å². The minimum Gasteiger partial charge on any atom is -0.384 e. The highest BCUT2D eigenvalue weighted by Gasteiger charge is 2.28. The van der Waals surface area contributed by atoms with E-state index in [1.165, 1.54) is 37.6 Å². The van der Waals surface area contributed by atoms with Crippen LogP contribution in [0.3, 0.4) is 0 Å². The minimum atomic E-state index is -0.520. The number of nitrogens with zero attached hydrogens (tertiary/aromatic N) is 4. The maximum Gasteiger partial charge on any atom is 0.131 e. The van der Waals surface area contributed by atoms with Gasteiger partial charge in [0.05, 0.1) is 24.1 Å². The number of hydrogen-bond acceptors (Lipinski definition) is 5. The molecule has 1 aromatic carbocycles. The summed E-state index contributed by atoms with van der Waals surface area (Å²) < 4.78 is 29.7. The summed E-state index contributed by atoms with van der Waals surface area (Å²) in [6.45, 7) is 13.9. The van der Waals surface area contributed by atoms with Crippen molar-refractivity contribution in [1.82, 2.24) is 19.6 Å². The number of halogens is 2. The molecular weight excluding hydrogens is 422 g/mol. The zero-order valence-corrected chi connectivity index (χ0v) is 19.8. The third kappa shape index (κ3) is 5.55. The third-order valence-electron chi connectivity index (χ3n) is 6.97. The zero-order chi connectivity index (χ0) is 23.4. The van der Waals surface area contributed by atoms with Gasteiger partial charge >= 0.3 is 0 Å². The summed E-state index contributed by atoms with van der Waals surface area (Å²) in [4.78, 5) is 4.92. The van der Waals surface area contributed by atoms with Crippen molar-refractivity contribution < 1.29 is 8.78 Å². The summed E-state index contributed by atoms with van der Waals surface area (Å²) in [5, 5.41) is 11.5. The largest absolute Gasteiger partial charge is 0.384 e. The maximum absolute atomic E-state index is 13.8. The molecule has 2 aliphatic heterocycles. The highest BCUT2D eigenvalue weighted by Crippen LogP contribution is 2.25. The number of aromatic nitrogens is 2. The first-order valence-corrected chi connectivity index (χ1v) is 12.0. The van der Waals surface area contributed by atoms with Crippen molar-refractivity contribution in [3.05, 3.63) is 53.9 Å². The van der Waals surface area contributed by atoms with Crippen LogP contribution >= 0.6 is 0 Å². The van der Waals surface area contributed by atoms with Crippen LogP contribution in [0.5, 0.6) is 0 Å². The second-order valence-corrected chi connectivity index (χ2v) is 9.26. The Morgan fingerprint density at radius 3 is 2.58 bits per heavy atom. The predicted molar refractivity (Wildman–Crippen MR) is 130 cm³/mol. The van der Waals surface area contributed by atoms with E-state index in [0.29, 0.717) is 24.3 Å². The third-order valence-corrected chi connectivity index (χ3v) is 6.97. The summed E-state index contributed by atoms with van der Waals surface area (Å²) in [5.74, 6) is -1.04. The van der Waals surface area contributed by atoms with Crippen LogP contribution in [0.1, 0.15) is 37.4 Å². The first-order chi connectivity index (χ1) is 16.0. The van der Waals surface area contributed by atoms with Gasteiger partial charge in [-0.1, -0.05) is 6.08 Å². The van der Waals surface area contributed by atoms with E-state index < -0.39 is 11.6 Å². The van der Waals surface area contributed by atoms with Crippen LogP contribution in [0, 0.1) is 18.6 Å². The molecule has 0 aliphatic carbocycles. The zero-order valence-electron chi connectivity index (χ0n) is 19.8. The molecule has 0 amide bonds. The van der Waals surface area contributed by atoms with Gasteiger partial charge in [0.15, 0.2) is 0 Å². The Kier molecular flexibility index (Phi) is 7.65. The summed E-state index contributed by atoms with van der Waals surface area (Å²) in [6.07, 6.45) is 7.48. The van der Waals surface area contributed by atoms with Gasteiger partial charge < -0.3 is 10.6 Å². The fourth-order valence-electron chi connectivity index (χ4n) is 4.97. The number of hydrogen-bond donors (Lipinski definition) is 2. The van der Waals surface area contributed by atoms with E-state index in [1.807, 2.05) is 12.3 Å². The molecule has 2 aromatic rings. The van der Waals surface area contributed by atoms with Crippen molar-refractivity contribution in [1.29, 1.82) is 0 Å². The summed E-state index contributed by atoms with van der Waals surface area (Å²) in [6, 6.07) is 3.43. The van der Waals surface area contributed by atoms with Gasteiger partial charge in [-0.05, 0) is 58.3 Å². The van der Waals surface area contributed by atoms with E-state index >= 15 is 0 Å². The number of fused-ring (bicyclic) bond motifs is 1. The molecule has 0 bridgehead atoms. The molecule has 2 N–H and O–H groups in total. The van der Waals surface area contributed by atoms with Crippen LogP contribution < -0.4 is 10.6 Å². The van der Waals surface area contributed by atoms with E-state index in [2.05, 4.69) is 43.7 Å². The lowest BCUT2D eigenvalue weighted by molar-refractivity contribution is 0.219. The van der Waals surface area contributed by atoms with Gasteiger partial charge in [0.2, 0.25) is 0 Å². The molecule has 0 radical (unpaired) electrons. The maximum atomic E-state index is 13.8. The first-order valence-electron chi connectivity index (χ1n) is 12.0. The van der Waals surface area contributed by atoms with E-state index in [9.17, 15) is 8.78 Å². The second-order valence-electron chi connectivity index (χ2n) is 9.26. The Morgan fingerprint density at radius 1 is 1.15 bits per heavy atom. The molecule has 33 heavy (non-hydrogen) atoms. The van der Waals surface area contributed by atoms with E-state index in [0.717, 1.165) is 51.4 Å². The molecule has 6 nitrogen and oxygen atoms in total. The molecule has 180 valence electrons. The number of anilines is 2. The first kappa shape index (κ1) is 23.7. The van der Waals surface area contributed by atoms with Crippen molar-refractivity contribution in [3.63, 3.8) is 0 Å². The number of likely N-dealkylation sites (tertiary alicyclic amines) is 1. The SMILES string of the molecule is C=CCC(C(C)Nc1cnn2c1CN(CCNc1cc(F)c(C)c(F)c1)CC2)N1CCCC1. The van der Waals surface area contributed by atoms with Crippen LogP contribution in [-0.2, 0) is 13.1 Å². The number of nitrogens with one attached hydrogen (secondary N) is 2. The predicted octanol–water partition coefficient (Wildman–Crippen LogP) is 4.24. The molecule has 1 aromatic heterocycles. The molecule has 0 saturated carbocycles. The van der Waals surface area contributed by atoms with Crippen molar-refractivity contribution in [3.8, 4) is 0 Å². The van der Waals surface area contributed by atoms with Gasteiger partial charge in [-0.15, -0.1) is 6.58 Å². The van der Waals surface area contributed by atoms with Gasteiger partial charge in [-0.25, -0.2) is 8.78 Å². The Morgan fingerprint density at radius 2 is 1.88 bits per heavy atom. The van der Waals surface area contributed by atoms with Crippen LogP contribution in [-0.4, -0.2) is 64.4 Å². The monoisotopic (exact) mass is 458 g/mol. The molecule has 4 rings (SSSR count). The van der Waals surface area contributed by atoms with Crippen molar-refractivity contribution in [2.24, 2.45) is 0 Å². The topological polar surface area (TPSA) is 48.4 Å². The summed E-state index contributed by atoms with van der Waals surface area (Å²) in [5.41, 5.74) is 2.82. The van der Waals surface area contributed by atoms with E-state index in [4.69, 9.17) is 0 Å². The lowest BCUT2D eigenvalue weighted by Gasteiger charge is -2.33. The highest BCUT2D eigenvalue weighted by atomic mass is 19.1. The average molecular weight is 459 g/mol. The van der Waals surface area contributed by atoms with Crippen LogP contribution in [0.4, 0.5) is 20.2 Å². The quantitative estimate of drug-likeness (QED) is 0.522. The molecule has 2 aliphatic rings. The fourth-order valence-corrected chi connectivity index (χ4v) is 4.97. The molecule has 2 atom stereocenters. The summed E-state index contributed by atoms with van der Waals surface area (Å²) in [7, 11) is 0. The van der Waals surface area contributed by atoms with Gasteiger partial charge in [-0.2, -0.15) is 5.10 Å². The van der Waals surface area contributed by atoms with Crippen LogP contribution in [0.2, 0.25) is 0 Å². The van der Waals surface area contributed by atoms with Crippen molar-refractivity contribution in [2.75, 3.05) is 43.4 Å². The molecule has 1 saturated heterocycles. The molecule has 8 heteroatoms. The Labute approximate surface area is 195 Å². The molecule has 0 spiro atoms. The van der Waals surface area contributed by atoms with Crippen LogP contribution in [0.25, 0.3) is 0 Å². The van der Waals surface area contributed by atoms with E-state index in [-0.39, 0.29) is 5.56 Å². The number of benzene rings is 1. The Hall–Kier alpha value is -2.45. The standard InChI is InChI=1S/C25H36F2N6/c1-4-7-24(32-9-5-6-10-32)19(3)30-23-16-29-33-13-12-31(17-25(23)33)11-8-28-20-14-21(26)18(2)22(27)15-20/h4,14-16,19,24,28,30H,1,5-13,17H2,2-3H3. The summed E-state index contributed by atoms with van der Waals surface area (Å²) >= 11 is 0. The Balaban J connectivity index is 1.34. The molecule has 3 heterocycles. The van der Waals surface area contributed by atoms with E-state index in [1.54, 1.807) is 0 Å². The van der Waals surface area contributed by atoms with Gasteiger partial charge in [0.1, 0.15) is 11.6 Å². The normalized spacial score (nSPS) is 18.7. The highest BCUT2D eigenvalue weighted by molar-refractivity contribution is 5.48. The van der Waals surface area contributed by atoms with Crippen LogP contribution in [0.15, 0.2) is 31.0 Å². The smallest absolute Gasteiger partial charge is 0.131 e. The molecular formula is C25H36F2N6. The van der Waals surface area contributed by atoms with Crippen molar-refractivity contribution in [2.45, 2.75) is 58.3 Å². The minimum absolute atomic E-state index is 0.0548. The van der Waals surface area contributed by atoms with Gasteiger partial charge in [-0.3, -0.25) is 14.5 Å². The Bertz CT molecular complexity index is 929. The second kappa shape index (κ2) is 10.7. The number of rotatable bonds is 10. The lowest BCUT2D eigenvalue weighted by atomic mass is 10.0. The lowest BCUT2D eigenvalue weighted by Crippen LogP contribution is -2.44. The molecule has 2 unspecified atom stereocenters. The average Bonchev–Trinajstić information content (AvgIpc) is 3.46. The fraction of sp³-hybridized carbons (Fsp3) is 0.560.